The number of pyridine rings is 1. The van der Waals surface area contributed by atoms with Gasteiger partial charge in [-0.15, -0.1) is 0 Å². The Bertz CT molecular complexity index is 574. The summed E-state index contributed by atoms with van der Waals surface area (Å²) in [7, 11) is 1.58. The van der Waals surface area contributed by atoms with Crippen LogP contribution in [0.2, 0.25) is 5.02 Å². The molecule has 96 valence electrons. The molecule has 0 radical (unpaired) electrons. The minimum Gasteiger partial charge on any atom is -0.385 e. The van der Waals surface area contributed by atoms with Gasteiger partial charge in [-0.1, -0.05) is 11.6 Å². The van der Waals surface area contributed by atoms with Crippen LogP contribution in [0.1, 0.15) is 12.6 Å². The molecule has 0 aliphatic carbocycles. The highest BCUT2D eigenvalue weighted by Crippen LogP contribution is 2.28. The van der Waals surface area contributed by atoms with E-state index in [0.29, 0.717) is 28.2 Å². The van der Waals surface area contributed by atoms with Crippen molar-refractivity contribution < 1.29 is 9.13 Å². The highest BCUT2D eigenvalue weighted by molar-refractivity contribution is 6.31. The fraction of sp³-hybridized carbons (Fsp3) is 0.308. The van der Waals surface area contributed by atoms with Gasteiger partial charge in [0.2, 0.25) is 0 Å². The minimum atomic E-state index is -0.422. The standard InChI is InChI=1S/C13H14ClFN2O/c1-3-16-12-6-9(7-18-2)17-13-10(12)4-8(14)5-11(13)15/h4-6H,3,7H2,1-2H3,(H,16,17). The molecule has 0 fully saturated rings. The van der Waals surface area contributed by atoms with Gasteiger partial charge in [-0.25, -0.2) is 9.37 Å². The summed E-state index contributed by atoms with van der Waals surface area (Å²) in [5.74, 6) is -0.422. The lowest BCUT2D eigenvalue weighted by Gasteiger charge is -2.11. The summed E-state index contributed by atoms with van der Waals surface area (Å²) >= 11 is 5.88. The zero-order valence-corrected chi connectivity index (χ0v) is 11.0. The van der Waals surface area contributed by atoms with E-state index < -0.39 is 5.82 Å². The van der Waals surface area contributed by atoms with E-state index in [1.165, 1.54) is 6.07 Å². The van der Waals surface area contributed by atoms with Crippen molar-refractivity contribution in [1.29, 1.82) is 0 Å². The van der Waals surface area contributed by atoms with Gasteiger partial charge in [-0.3, -0.25) is 0 Å². The molecule has 0 saturated heterocycles. The van der Waals surface area contributed by atoms with Crippen LogP contribution in [0.5, 0.6) is 0 Å². The lowest BCUT2D eigenvalue weighted by Crippen LogP contribution is -2.02. The van der Waals surface area contributed by atoms with Gasteiger partial charge in [0.05, 0.1) is 12.3 Å². The first-order valence-electron chi connectivity index (χ1n) is 5.67. The maximum atomic E-state index is 13.9. The first kappa shape index (κ1) is 13.1. The Morgan fingerprint density at radius 1 is 1.39 bits per heavy atom. The molecule has 0 bridgehead atoms. The van der Waals surface area contributed by atoms with Crippen LogP contribution >= 0.6 is 11.6 Å². The van der Waals surface area contributed by atoms with Crippen LogP contribution in [-0.2, 0) is 11.3 Å². The van der Waals surface area contributed by atoms with E-state index in [4.69, 9.17) is 16.3 Å². The van der Waals surface area contributed by atoms with Crippen molar-refractivity contribution in [3.63, 3.8) is 0 Å². The lowest BCUT2D eigenvalue weighted by atomic mass is 10.1. The number of aromatic nitrogens is 1. The maximum Gasteiger partial charge on any atom is 0.150 e. The second kappa shape index (κ2) is 5.50. The summed E-state index contributed by atoms with van der Waals surface area (Å²) in [6.45, 7) is 3.05. The van der Waals surface area contributed by atoms with Gasteiger partial charge in [0.1, 0.15) is 5.52 Å². The van der Waals surface area contributed by atoms with E-state index in [2.05, 4.69) is 10.3 Å². The van der Waals surface area contributed by atoms with Crippen LogP contribution in [0.15, 0.2) is 18.2 Å². The van der Waals surface area contributed by atoms with Gasteiger partial charge < -0.3 is 10.1 Å². The van der Waals surface area contributed by atoms with Crippen molar-refractivity contribution >= 4 is 28.2 Å². The lowest BCUT2D eigenvalue weighted by molar-refractivity contribution is 0.182. The first-order chi connectivity index (χ1) is 8.65. The molecule has 0 amide bonds. The Morgan fingerprint density at radius 2 is 2.17 bits per heavy atom. The van der Waals surface area contributed by atoms with E-state index in [1.807, 2.05) is 13.0 Å². The molecule has 3 nitrogen and oxygen atoms in total. The predicted molar refractivity (Wildman–Crippen MR) is 71.6 cm³/mol. The van der Waals surface area contributed by atoms with Gasteiger partial charge in [0.15, 0.2) is 5.82 Å². The number of nitrogens with one attached hydrogen (secondary N) is 1. The third-order valence-electron chi connectivity index (χ3n) is 2.54. The number of hydrogen-bond donors (Lipinski definition) is 1. The Balaban J connectivity index is 2.68. The number of nitrogens with zero attached hydrogens (tertiary/aromatic N) is 1. The van der Waals surface area contributed by atoms with Crippen molar-refractivity contribution in [2.75, 3.05) is 19.0 Å². The smallest absolute Gasteiger partial charge is 0.150 e. The molecule has 18 heavy (non-hydrogen) atoms. The SMILES string of the molecule is CCNc1cc(COC)nc2c(F)cc(Cl)cc12. The molecular formula is C13H14ClFN2O. The zero-order valence-electron chi connectivity index (χ0n) is 10.3. The second-order valence-electron chi connectivity index (χ2n) is 3.91. The highest BCUT2D eigenvalue weighted by atomic mass is 35.5. The number of anilines is 1. The molecule has 1 aromatic heterocycles. The normalized spacial score (nSPS) is 10.9. The molecule has 1 N–H and O–H groups in total. The molecule has 1 heterocycles. The van der Waals surface area contributed by atoms with Crippen LogP contribution in [0.4, 0.5) is 10.1 Å². The van der Waals surface area contributed by atoms with Gasteiger partial charge in [0.25, 0.3) is 0 Å². The van der Waals surface area contributed by atoms with E-state index >= 15 is 0 Å². The predicted octanol–water partition coefficient (Wildman–Crippen LogP) is 3.61. The fourth-order valence-corrected chi connectivity index (χ4v) is 2.07. The summed E-state index contributed by atoms with van der Waals surface area (Å²) in [4.78, 5) is 4.25. The number of rotatable bonds is 4. The largest absolute Gasteiger partial charge is 0.385 e. The quantitative estimate of drug-likeness (QED) is 0.920. The van der Waals surface area contributed by atoms with Gasteiger partial charge >= 0.3 is 0 Å². The third kappa shape index (κ3) is 2.54. The van der Waals surface area contributed by atoms with Gasteiger partial charge in [-0.05, 0) is 25.1 Å². The van der Waals surface area contributed by atoms with E-state index in [9.17, 15) is 4.39 Å². The average Bonchev–Trinajstić information content (AvgIpc) is 2.31. The van der Waals surface area contributed by atoms with E-state index in [0.717, 1.165) is 12.2 Å². The third-order valence-corrected chi connectivity index (χ3v) is 2.76. The molecule has 0 atom stereocenters. The Morgan fingerprint density at radius 3 is 2.83 bits per heavy atom. The van der Waals surface area contributed by atoms with Crippen LogP contribution < -0.4 is 5.32 Å². The summed E-state index contributed by atoms with van der Waals surface area (Å²) < 4.78 is 18.9. The number of fused-ring (bicyclic) bond motifs is 1. The van der Waals surface area contributed by atoms with Crippen LogP contribution in [0.25, 0.3) is 10.9 Å². The number of hydrogen-bond acceptors (Lipinski definition) is 3. The van der Waals surface area contributed by atoms with Crippen LogP contribution in [0.3, 0.4) is 0 Å². The van der Waals surface area contributed by atoms with Crippen molar-refractivity contribution in [2.24, 2.45) is 0 Å². The Labute approximate surface area is 110 Å². The number of benzene rings is 1. The van der Waals surface area contributed by atoms with Gasteiger partial charge in [0, 0.05) is 29.8 Å². The zero-order chi connectivity index (χ0) is 13.1. The summed E-state index contributed by atoms with van der Waals surface area (Å²) in [5, 5.41) is 4.23. The molecule has 0 spiro atoms. The van der Waals surface area contributed by atoms with Crippen molar-refractivity contribution in [3.05, 3.63) is 34.7 Å². The van der Waals surface area contributed by atoms with Crippen LogP contribution in [0, 0.1) is 5.82 Å². The number of halogens is 2. The Kier molecular flexibility index (Phi) is 3.99. The van der Waals surface area contributed by atoms with Crippen molar-refractivity contribution in [3.8, 4) is 0 Å². The molecule has 2 aromatic rings. The molecular weight excluding hydrogens is 255 g/mol. The highest BCUT2D eigenvalue weighted by Gasteiger charge is 2.10. The van der Waals surface area contributed by atoms with Crippen molar-refractivity contribution in [2.45, 2.75) is 13.5 Å². The Hall–Kier alpha value is -1.39. The average molecular weight is 269 g/mol. The van der Waals surface area contributed by atoms with Crippen molar-refractivity contribution in [1.82, 2.24) is 4.98 Å². The van der Waals surface area contributed by atoms with E-state index in [1.54, 1.807) is 13.2 Å². The minimum absolute atomic E-state index is 0.310. The molecule has 0 aliphatic heterocycles. The molecule has 0 saturated carbocycles. The molecule has 5 heteroatoms. The summed E-state index contributed by atoms with van der Waals surface area (Å²) in [5.41, 5.74) is 1.81. The summed E-state index contributed by atoms with van der Waals surface area (Å²) in [6.07, 6.45) is 0. The number of ether oxygens (including phenoxy) is 1. The fourth-order valence-electron chi connectivity index (χ4n) is 1.86. The number of methoxy groups -OCH3 is 1. The van der Waals surface area contributed by atoms with E-state index in [-0.39, 0.29) is 0 Å². The first-order valence-corrected chi connectivity index (χ1v) is 6.05. The summed E-state index contributed by atoms with van der Waals surface area (Å²) in [6, 6.07) is 4.83. The molecule has 0 unspecified atom stereocenters. The monoisotopic (exact) mass is 268 g/mol. The second-order valence-corrected chi connectivity index (χ2v) is 4.34. The molecule has 2 rings (SSSR count). The molecule has 0 aliphatic rings. The maximum absolute atomic E-state index is 13.9. The van der Waals surface area contributed by atoms with Gasteiger partial charge in [-0.2, -0.15) is 0 Å². The van der Waals surface area contributed by atoms with Crippen LogP contribution in [-0.4, -0.2) is 18.6 Å². The molecule has 1 aromatic carbocycles. The topological polar surface area (TPSA) is 34.1 Å².